The molecule has 0 aliphatic carbocycles. The molecular weight excluding hydrogens is 259 g/mol. The lowest BCUT2D eigenvalue weighted by Crippen LogP contribution is -2.32. The highest BCUT2D eigenvalue weighted by atomic mass is 35.5. The second-order valence-corrected chi connectivity index (χ2v) is 4.67. The van der Waals surface area contributed by atoms with Crippen LogP contribution in [0.25, 0.3) is 0 Å². The number of carboxylic acid groups (broad SMARTS) is 1. The van der Waals surface area contributed by atoms with E-state index in [1.807, 2.05) is 0 Å². The maximum absolute atomic E-state index is 11.0. The van der Waals surface area contributed by atoms with Crippen molar-refractivity contribution in [1.82, 2.24) is 0 Å². The summed E-state index contributed by atoms with van der Waals surface area (Å²) >= 11 is 11.3. The summed E-state index contributed by atoms with van der Waals surface area (Å²) in [4.78, 5) is 21.4. The predicted molar refractivity (Wildman–Crippen MR) is 56.4 cm³/mol. The number of esters is 1. The maximum atomic E-state index is 11.0. The number of ether oxygens (including phenoxy) is 2. The van der Waals surface area contributed by atoms with Crippen molar-refractivity contribution in [2.45, 2.75) is 32.0 Å². The number of rotatable bonds is 3. The Morgan fingerprint density at radius 2 is 2.12 bits per heavy atom. The Bertz CT molecular complexity index is 361. The molecule has 0 aromatic carbocycles. The van der Waals surface area contributed by atoms with Gasteiger partial charge in [0.1, 0.15) is 16.7 Å². The monoisotopic (exact) mass is 268 g/mol. The molecule has 1 rings (SSSR count). The van der Waals surface area contributed by atoms with Gasteiger partial charge >= 0.3 is 12.1 Å². The van der Waals surface area contributed by atoms with Gasteiger partial charge in [-0.2, -0.15) is 0 Å². The summed E-state index contributed by atoms with van der Waals surface area (Å²) in [5.41, 5.74) is -1.02. The molecule has 1 atom stereocenters. The van der Waals surface area contributed by atoms with E-state index in [0.29, 0.717) is 0 Å². The molecule has 0 amide bonds. The first-order valence-electron chi connectivity index (χ1n) is 4.41. The summed E-state index contributed by atoms with van der Waals surface area (Å²) in [6.07, 6.45) is -2.04. The van der Waals surface area contributed by atoms with Gasteiger partial charge < -0.3 is 14.6 Å². The topological polar surface area (TPSA) is 72.8 Å². The summed E-state index contributed by atoms with van der Waals surface area (Å²) in [7, 11) is 0. The van der Waals surface area contributed by atoms with E-state index in [1.165, 1.54) is 0 Å². The van der Waals surface area contributed by atoms with Crippen molar-refractivity contribution >= 4 is 35.3 Å². The molecule has 0 saturated carbocycles. The van der Waals surface area contributed by atoms with Crippen molar-refractivity contribution in [2.75, 3.05) is 0 Å². The van der Waals surface area contributed by atoms with Crippen molar-refractivity contribution in [2.24, 2.45) is 0 Å². The van der Waals surface area contributed by atoms with Crippen molar-refractivity contribution in [3.8, 4) is 0 Å². The van der Waals surface area contributed by atoms with Crippen LogP contribution in [0.2, 0.25) is 0 Å². The van der Waals surface area contributed by atoms with Crippen molar-refractivity contribution < 1.29 is 24.2 Å². The normalized spacial score (nSPS) is 21.0. The molecule has 1 N–H and O–H groups in total. The average Bonchev–Trinajstić information content (AvgIpc) is 2.30. The Hall–Kier alpha value is -0.940. The zero-order valence-electron chi connectivity index (χ0n) is 8.62. The molecule has 0 aromatic heterocycles. The zero-order chi connectivity index (χ0) is 12.5. The van der Waals surface area contributed by atoms with Crippen LogP contribution in [-0.4, -0.2) is 28.9 Å². The molecular formula is C9H10Cl2O5. The van der Waals surface area contributed by atoms with Gasteiger partial charge in [0.25, 0.3) is 0 Å². The average molecular weight is 269 g/mol. The minimum Gasteiger partial charge on any atom is -0.452 e. The molecule has 0 fully saturated rings. The fourth-order valence-corrected chi connectivity index (χ4v) is 1.69. The molecule has 1 heterocycles. The van der Waals surface area contributed by atoms with E-state index >= 15 is 0 Å². The third-order valence-electron chi connectivity index (χ3n) is 1.96. The van der Waals surface area contributed by atoms with E-state index < -0.39 is 23.8 Å². The van der Waals surface area contributed by atoms with E-state index in [0.717, 1.165) is 0 Å². The molecule has 1 unspecified atom stereocenters. The molecule has 0 aromatic rings. The number of hydrogen-bond acceptors (Lipinski definition) is 4. The minimum absolute atomic E-state index is 0.0775. The van der Waals surface area contributed by atoms with E-state index in [2.05, 4.69) is 4.74 Å². The summed E-state index contributed by atoms with van der Waals surface area (Å²) in [6.45, 7) is 3.09. The second kappa shape index (κ2) is 4.51. The first kappa shape index (κ1) is 13.1. The third-order valence-corrected chi connectivity index (χ3v) is 2.85. The number of hydrogen-bond donors (Lipinski definition) is 1. The van der Waals surface area contributed by atoms with Crippen molar-refractivity contribution in [1.29, 1.82) is 0 Å². The molecule has 5 nitrogen and oxygen atoms in total. The van der Waals surface area contributed by atoms with Gasteiger partial charge in [-0.15, -0.1) is 0 Å². The van der Waals surface area contributed by atoms with Crippen LogP contribution in [0.5, 0.6) is 0 Å². The minimum atomic E-state index is -1.40. The fourth-order valence-electron chi connectivity index (χ4n) is 1.33. The fraction of sp³-hybridized carbons (Fsp3) is 0.556. The Kier molecular flexibility index (Phi) is 3.70. The lowest BCUT2D eigenvalue weighted by atomic mass is 10.0. The molecule has 16 heavy (non-hydrogen) atoms. The molecule has 1 aliphatic rings. The van der Waals surface area contributed by atoms with Crippen LogP contribution in [0.4, 0.5) is 4.79 Å². The van der Waals surface area contributed by atoms with Gasteiger partial charge in [-0.1, -0.05) is 23.2 Å². The third kappa shape index (κ3) is 3.02. The Morgan fingerprint density at radius 1 is 1.56 bits per heavy atom. The first-order chi connectivity index (χ1) is 7.23. The molecule has 0 bridgehead atoms. The molecule has 7 heteroatoms. The highest BCUT2D eigenvalue weighted by molar-refractivity contribution is 6.48. The van der Waals surface area contributed by atoms with Crippen LogP contribution in [0.3, 0.4) is 0 Å². The van der Waals surface area contributed by atoms with Gasteiger partial charge in [-0.3, -0.25) is 0 Å². The van der Waals surface area contributed by atoms with Gasteiger partial charge in [0.2, 0.25) is 0 Å². The van der Waals surface area contributed by atoms with Gasteiger partial charge in [-0.05, 0) is 13.8 Å². The standard InChI is InChI=1S/C9H10Cl2O5/c1-9(2,16-8(13)14)3-4-5(10)6(11)7(12)15-4/h4H,3H2,1-2H3,(H,13,14). The zero-order valence-corrected chi connectivity index (χ0v) is 10.1. The Morgan fingerprint density at radius 3 is 2.50 bits per heavy atom. The lowest BCUT2D eigenvalue weighted by Gasteiger charge is -2.25. The van der Waals surface area contributed by atoms with Crippen molar-refractivity contribution in [3.05, 3.63) is 10.1 Å². The molecule has 0 radical (unpaired) electrons. The van der Waals surface area contributed by atoms with Gasteiger partial charge in [0, 0.05) is 6.42 Å². The lowest BCUT2D eigenvalue weighted by molar-refractivity contribution is -0.140. The van der Waals surface area contributed by atoms with Crippen molar-refractivity contribution in [3.63, 3.8) is 0 Å². The number of carbonyl (C=O) groups is 2. The van der Waals surface area contributed by atoms with E-state index in [-0.39, 0.29) is 16.5 Å². The second-order valence-electron chi connectivity index (χ2n) is 3.89. The molecule has 0 spiro atoms. The molecule has 90 valence electrons. The number of carbonyl (C=O) groups excluding carboxylic acids is 1. The predicted octanol–water partition coefficient (Wildman–Crippen LogP) is 2.46. The van der Waals surface area contributed by atoms with E-state index in [1.54, 1.807) is 13.8 Å². The van der Waals surface area contributed by atoms with E-state index in [9.17, 15) is 9.59 Å². The van der Waals surface area contributed by atoms with Gasteiger partial charge in [-0.25, -0.2) is 9.59 Å². The summed E-state index contributed by atoms with van der Waals surface area (Å²) in [5, 5.41) is 8.40. The first-order valence-corrected chi connectivity index (χ1v) is 5.16. The van der Waals surface area contributed by atoms with Crippen LogP contribution < -0.4 is 0 Å². The highest BCUT2D eigenvalue weighted by Gasteiger charge is 2.37. The summed E-state index contributed by atoms with van der Waals surface area (Å²) < 4.78 is 9.47. The summed E-state index contributed by atoms with van der Waals surface area (Å²) in [6, 6.07) is 0. The van der Waals surface area contributed by atoms with Crippen LogP contribution in [0.15, 0.2) is 10.1 Å². The van der Waals surface area contributed by atoms with Gasteiger partial charge in [0.05, 0.1) is 5.03 Å². The van der Waals surface area contributed by atoms with Crippen LogP contribution in [0.1, 0.15) is 20.3 Å². The van der Waals surface area contributed by atoms with Gasteiger partial charge in [0.15, 0.2) is 0 Å². The molecule has 1 aliphatic heterocycles. The number of halogens is 2. The highest BCUT2D eigenvalue weighted by Crippen LogP contribution is 2.34. The molecule has 0 saturated heterocycles. The maximum Gasteiger partial charge on any atom is 0.506 e. The summed E-state index contributed by atoms with van der Waals surface area (Å²) in [5.74, 6) is -0.706. The largest absolute Gasteiger partial charge is 0.506 e. The van der Waals surface area contributed by atoms with Crippen LogP contribution >= 0.6 is 23.2 Å². The van der Waals surface area contributed by atoms with Crippen LogP contribution in [-0.2, 0) is 14.3 Å². The van der Waals surface area contributed by atoms with E-state index in [4.69, 9.17) is 33.0 Å². The Balaban J connectivity index is 2.70. The van der Waals surface area contributed by atoms with Crippen LogP contribution in [0, 0.1) is 0 Å². The SMILES string of the molecule is CC(C)(CC1OC(=O)C(Cl)=C1Cl)OC(=O)O. The smallest absolute Gasteiger partial charge is 0.452 e. The quantitative estimate of drug-likeness (QED) is 0.796. The number of cyclic esters (lactones) is 1. The Labute approximate surface area is 102 Å².